The number of carbonyl (C=O) groups is 1. The SMILES string of the molecule is COc1cc(OC)cc(C(=O)N(C)C2CCCCC2)c1. The van der Waals surface area contributed by atoms with Gasteiger partial charge >= 0.3 is 0 Å². The second-order valence-electron chi connectivity index (χ2n) is 5.31. The average molecular weight is 277 g/mol. The molecule has 20 heavy (non-hydrogen) atoms. The summed E-state index contributed by atoms with van der Waals surface area (Å²) in [4.78, 5) is 14.5. The molecule has 0 bridgehead atoms. The van der Waals surface area contributed by atoms with Gasteiger partial charge in [0.25, 0.3) is 5.91 Å². The fraction of sp³-hybridized carbons (Fsp3) is 0.562. The number of hydrogen-bond acceptors (Lipinski definition) is 3. The first-order valence-electron chi connectivity index (χ1n) is 7.16. The van der Waals surface area contributed by atoms with E-state index in [-0.39, 0.29) is 5.91 Å². The lowest BCUT2D eigenvalue weighted by Gasteiger charge is -2.31. The molecule has 1 saturated carbocycles. The molecule has 1 fully saturated rings. The number of rotatable bonds is 4. The van der Waals surface area contributed by atoms with E-state index in [2.05, 4.69) is 0 Å². The van der Waals surface area contributed by atoms with Crippen LogP contribution in [0.1, 0.15) is 42.5 Å². The van der Waals surface area contributed by atoms with Crippen molar-refractivity contribution in [3.8, 4) is 11.5 Å². The lowest BCUT2D eigenvalue weighted by Crippen LogP contribution is -2.38. The van der Waals surface area contributed by atoms with Gasteiger partial charge in [0.05, 0.1) is 14.2 Å². The number of benzene rings is 1. The zero-order valence-corrected chi connectivity index (χ0v) is 12.5. The molecular weight excluding hydrogens is 254 g/mol. The molecule has 1 aromatic rings. The van der Waals surface area contributed by atoms with Crippen LogP contribution >= 0.6 is 0 Å². The number of ether oxygens (including phenoxy) is 2. The Kier molecular flexibility index (Phi) is 4.88. The normalized spacial score (nSPS) is 15.8. The predicted molar refractivity (Wildman–Crippen MR) is 78.5 cm³/mol. The largest absolute Gasteiger partial charge is 0.497 e. The van der Waals surface area contributed by atoms with Crippen LogP contribution in [0.25, 0.3) is 0 Å². The zero-order valence-electron chi connectivity index (χ0n) is 12.5. The Morgan fingerprint density at radius 3 is 2.10 bits per heavy atom. The molecular formula is C16H23NO3. The maximum atomic E-state index is 12.6. The molecule has 0 spiro atoms. The van der Waals surface area contributed by atoms with Crippen LogP contribution < -0.4 is 9.47 Å². The molecule has 0 aliphatic heterocycles. The summed E-state index contributed by atoms with van der Waals surface area (Å²) in [5, 5.41) is 0. The number of nitrogens with zero attached hydrogens (tertiary/aromatic N) is 1. The molecule has 0 heterocycles. The first kappa shape index (κ1) is 14.7. The van der Waals surface area contributed by atoms with Crippen LogP contribution in [-0.2, 0) is 0 Å². The molecule has 2 rings (SSSR count). The molecule has 1 aliphatic carbocycles. The maximum Gasteiger partial charge on any atom is 0.254 e. The van der Waals surface area contributed by atoms with E-state index in [1.807, 2.05) is 11.9 Å². The van der Waals surface area contributed by atoms with Crippen LogP contribution in [0.3, 0.4) is 0 Å². The van der Waals surface area contributed by atoms with Gasteiger partial charge in [-0.05, 0) is 25.0 Å². The fourth-order valence-electron chi connectivity index (χ4n) is 2.77. The maximum absolute atomic E-state index is 12.6. The van der Waals surface area contributed by atoms with Crippen LogP contribution in [0.15, 0.2) is 18.2 Å². The van der Waals surface area contributed by atoms with Crippen molar-refractivity contribution >= 4 is 5.91 Å². The molecule has 1 aromatic carbocycles. The van der Waals surface area contributed by atoms with Crippen LogP contribution in [0.2, 0.25) is 0 Å². The Morgan fingerprint density at radius 1 is 1.05 bits per heavy atom. The third kappa shape index (κ3) is 3.24. The van der Waals surface area contributed by atoms with E-state index in [1.54, 1.807) is 32.4 Å². The first-order chi connectivity index (χ1) is 9.65. The van der Waals surface area contributed by atoms with E-state index in [0.717, 1.165) is 12.8 Å². The highest BCUT2D eigenvalue weighted by Crippen LogP contribution is 2.26. The summed E-state index contributed by atoms with van der Waals surface area (Å²) in [5.41, 5.74) is 0.620. The van der Waals surface area contributed by atoms with Crippen molar-refractivity contribution < 1.29 is 14.3 Å². The number of amides is 1. The van der Waals surface area contributed by atoms with Gasteiger partial charge in [-0.1, -0.05) is 19.3 Å². The molecule has 0 saturated heterocycles. The molecule has 0 atom stereocenters. The summed E-state index contributed by atoms with van der Waals surface area (Å²) in [7, 11) is 5.08. The molecule has 110 valence electrons. The molecule has 0 aromatic heterocycles. The first-order valence-corrected chi connectivity index (χ1v) is 7.16. The molecule has 0 radical (unpaired) electrons. The smallest absolute Gasteiger partial charge is 0.254 e. The minimum Gasteiger partial charge on any atom is -0.497 e. The Balaban J connectivity index is 2.18. The van der Waals surface area contributed by atoms with Crippen LogP contribution in [0, 0.1) is 0 Å². The second kappa shape index (κ2) is 6.64. The lowest BCUT2D eigenvalue weighted by molar-refractivity contribution is 0.0695. The predicted octanol–water partition coefficient (Wildman–Crippen LogP) is 3.11. The van der Waals surface area contributed by atoms with Crippen molar-refractivity contribution in [2.24, 2.45) is 0 Å². The molecule has 1 amide bonds. The Hall–Kier alpha value is -1.71. The number of carbonyl (C=O) groups excluding carboxylic acids is 1. The van der Waals surface area contributed by atoms with Crippen molar-refractivity contribution in [3.63, 3.8) is 0 Å². The van der Waals surface area contributed by atoms with Crippen molar-refractivity contribution in [3.05, 3.63) is 23.8 Å². The van der Waals surface area contributed by atoms with Crippen LogP contribution in [0.5, 0.6) is 11.5 Å². The molecule has 0 unspecified atom stereocenters. The summed E-state index contributed by atoms with van der Waals surface area (Å²) >= 11 is 0. The van der Waals surface area contributed by atoms with Gasteiger partial charge in [-0.25, -0.2) is 0 Å². The molecule has 1 aliphatic rings. The van der Waals surface area contributed by atoms with E-state index in [4.69, 9.17) is 9.47 Å². The quantitative estimate of drug-likeness (QED) is 0.849. The Labute approximate surface area is 120 Å². The minimum absolute atomic E-state index is 0.0362. The highest BCUT2D eigenvalue weighted by atomic mass is 16.5. The van der Waals surface area contributed by atoms with E-state index in [9.17, 15) is 4.79 Å². The summed E-state index contributed by atoms with van der Waals surface area (Å²) in [5.74, 6) is 1.32. The summed E-state index contributed by atoms with van der Waals surface area (Å²) < 4.78 is 10.4. The van der Waals surface area contributed by atoms with Gasteiger partial charge in [0, 0.05) is 24.7 Å². The van der Waals surface area contributed by atoms with Gasteiger partial charge in [0.15, 0.2) is 0 Å². The highest BCUT2D eigenvalue weighted by molar-refractivity contribution is 5.95. The Bertz CT molecular complexity index is 445. The van der Waals surface area contributed by atoms with Gasteiger partial charge in [-0.2, -0.15) is 0 Å². The van der Waals surface area contributed by atoms with E-state index in [1.165, 1.54) is 19.3 Å². The van der Waals surface area contributed by atoms with E-state index < -0.39 is 0 Å². The molecule has 4 heteroatoms. The fourth-order valence-corrected chi connectivity index (χ4v) is 2.77. The van der Waals surface area contributed by atoms with E-state index in [0.29, 0.717) is 23.1 Å². The zero-order chi connectivity index (χ0) is 14.5. The minimum atomic E-state index is 0.0362. The van der Waals surface area contributed by atoms with E-state index >= 15 is 0 Å². The molecule has 4 nitrogen and oxygen atoms in total. The van der Waals surface area contributed by atoms with Gasteiger partial charge in [0.1, 0.15) is 11.5 Å². The van der Waals surface area contributed by atoms with Gasteiger partial charge < -0.3 is 14.4 Å². The third-order valence-corrected chi connectivity index (χ3v) is 4.04. The summed E-state index contributed by atoms with van der Waals surface area (Å²) in [6.45, 7) is 0. The van der Waals surface area contributed by atoms with Gasteiger partial charge in [-0.3, -0.25) is 4.79 Å². The van der Waals surface area contributed by atoms with Crippen LogP contribution in [0.4, 0.5) is 0 Å². The monoisotopic (exact) mass is 277 g/mol. The molecule has 0 N–H and O–H groups in total. The Morgan fingerprint density at radius 2 is 1.60 bits per heavy atom. The highest BCUT2D eigenvalue weighted by Gasteiger charge is 2.23. The van der Waals surface area contributed by atoms with Crippen molar-refractivity contribution in [2.45, 2.75) is 38.1 Å². The van der Waals surface area contributed by atoms with Crippen LogP contribution in [-0.4, -0.2) is 38.1 Å². The van der Waals surface area contributed by atoms with Crippen molar-refractivity contribution in [2.75, 3.05) is 21.3 Å². The second-order valence-corrected chi connectivity index (χ2v) is 5.31. The third-order valence-electron chi connectivity index (χ3n) is 4.04. The van der Waals surface area contributed by atoms with Gasteiger partial charge in [-0.15, -0.1) is 0 Å². The average Bonchev–Trinajstić information content (AvgIpc) is 2.53. The van der Waals surface area contributed by atoms with Crippen molar-refractivity contribution in [1.82, 2.24) is 4.90 Å². The summed E-state index contributed by atoms with van der Waals surface area (Å²) in [6.07, 6.45) is 5.91. The summed E-state index contributed by atoms with van der Waals surface area (Å²) in [6, 6.07) is 5.67. The standard InChI is InChI=1S/C16H23NO3/c1-17(13-7-5-4-6-8-13)16(18)12-9-14(19-2)11-15(10-12)20-3/h9-11,13H,4-8H2,1-3H3. The van der Waals surface area contributed by atoms with Crippen molar-refractivity contribution in [1.29, 1.82) is 0 Å². The number of methoxy groups -OCH3 is 2. The van der Waals surface area contributed by atoms with Gasteiger partial charge in [0.2, 0.25) is 0 Å². The lowest BCUT2D eigenvalue weighted by atomic mass is 9.94. The topological polar surface area (TPSA) is 38.8 Å². The number of hydrogen-bond donors (Lipinski definition) is 0.